The Morgan fingerprint density at radius 3 is 2.26 bits per heavy atom. The Kier molecular flexibility index (Phi) is 14.3. The van der Waals surface area contributed by atoms with Crippen LogP contribution in [0.1, 0.15) is 90.0 Å². The van der Waals surface area contributed by atoms with Crippen LogP contribution >= 0.6 is 0 Å². The molecule has 3 heterocycles. The van der Waals surface area contributed by atoms with Crippen molar-refractivity contribution in [1.29, 1.82) is 0 Å². The first-order valence-electron chi connectivity index (χ1n) is 19.6. The minimum atomic E-state index is -4.67. The number of carbonyl (C=O) groups excluding carboxylic acids is 3. The maximum Gasteiger partial charge on any atom is 0.333 e. The summed E-state index contributed by atoms with van der Waals surface area (Å²) in [5.41, 5.74) is 3.82. The first-order chi connectivity index (χ1) is 27.4. The smallest absolute Gasteiger partial charge is 0.333 e. The standard InChI is InChI=1S/C44H55N3O10S/c1-43(2,3)35-29-32(56-38-28-31(17-19-34(35)38)45(24-26-54-6)25-27-55-7)14-10-8-11-15-39-44(4,5)36-30-33(58(51,52)53)18-20-37(36)46(39)23-13-9-12-16-42(50)57-47-40(48)21-22-41(47)49/h8,10-11,14-15,17-20,28-30H,9,12-13,16,21-27H2,1-7H3. The van der Waals surface area contributed by atoms with Gasteiger partial charge in [-0.25, -0.2) is 17.8 Å². The molecule has 4 aliphatic rings. The van der Waals surface area contributed by atoms with E-state index in [0.29, 0.717) is 62.9 Å². The van der Waals surface area contributed by atoms with Gasteiger partial charge in [0.1, 0.15) is 34.9 Å². The number of hydrogen-bond acceptors (Lipinski definition) is 11. The molecule has 13 nitrogen and oxygen atoms in total. The van der Waals surface area contributed by atoms with Crippen molar-refractivity contribution in [2.45, 2.75) is 88.9 Å². The number of methoxy groups -OCH3 is 2. The van der Waals surface area contributed by atoms with E-state index in [2.05, 4.69) is 54.5 Å². The van der Waals surface area contributed by atoms with Crippen LogP contribution in [-0.2, 0) is 49.6 Å². The summed E-state index contributed by atoms with van der Waals surface area (Å²) in [6, 6.07) is 12.8. The largest absolute Gasteiger partial charge is 0.744 e. The lowest BCUT2D eigenvalue weighted by atomic mass is 9.83. The predicted octanol–water partition coefficient (Wildman–Crippen LogP) is 6.07. The molecule has 0 spiro atoms. The molecule has 3 aliphatic heterocycles. The second kappa shape index (κ2) is 18.8. The Bertz CT molecular complexity index is 2220. The highest BCUT2D eigenvalue weighted by atomic mass is 32.2. The van der Waals surface area contributed by atoms with Gasteiger partial charge in [0.15, 0.2) is 13.1 Å². The minimum Gasteiger partial charge on any atom is -0.744 e. The molecule has 0 bridgehead atoms. The average Bonchev–Trinajstić information content (AvgIpc) is 3.59. The predicted molar refractivity (Wildman–Crippen MR) is 219 cm³/mol. The zero-order valence-electron chi connectivity index (χ0n) is 34.5. The molecule has 0 N–H and O–H groups in total. The summed E-state index contributed by atoms with van der Waals surface area (Å²) in [6.07, 6.45) is 11.6. The van der Waals surface area contributed by atoms with E-state index >= 15 is 0 Å². The fourth-order valence-electron chi connectivity index (χ4n) is 7.30. The van der Waals surface area contributed by atoms with E-state index < -0.39 is 33.3 Å². The van der Waals surface area contributed by atoms with Gasteiger partial charge in [0.2, 0.25) is 5.36 Å². The first kappa shape index (κ1) is 44.2. The van der Waals surface area contributed by atoms with Gasteiger partial charge in [0.25, 0.3) is 11.8 Å². The van der Waals surface area contributed by atoms with Crippen molar-refractivity contribution in [1.82, 2.24) is 9.64 Å². The highest BCUT2D eigenvalue weighted by Gasteiger charge is 2.40. The van der Waals surface area contributed by atoms with Crippen molar-refractivity contribution in [3.05, 3.63) is 94.7 Å². The number of hydroxylamine groups is 2. The van der Waals surface area contributed by atoms with Gasteiger partial charge >= 0.3 is 5.97 Å². The number of benzene rings is 2. The fourth-order valence-corrected chi connectivity index (χ4v) is 7.80. The quantitative estimate of drug-likeness (QED) is 0.0512. The van der Waals surface area contributed by atoms with Gasteiger partial charge in [-0.3, -0.25) is 9.59 Å². The van der Waals surface area contributed by atoms with E-state index in [0.717, 1.165) is 39.2 Å². The van der Waals surface area contributed by atoms with Crippen LogP contribution in [0.15, 0.2) is 81.8 Å². The Balaban J connectivity index is 1.38. The lowest BCUT2D eigenvalue weighted by Gasteiger charge is -2.27. The molecule has 2 amide bonds. The molecular formula is C44H55N3O10S. The highest BCUT2D eigenvalue weighted by Crippen LogP contribution is 2.48. The third-order valence-electron chi connectivity index (χ3n) is 10.4. The molecule has 1 fully saturated rings. The van der Waals surface area contributed by atoms with Crippen molar-refractivity contribution >= 4 is 39.7 Å². The molecule has 0 saturated carbocycles. The Morgan fingerprint density at radius 1 is 0.931 bits per heavy atom. The number of unbranched alkanes of at least 4 members (excludes halogenated alkanes) is 2. The number of nitrogens with zero attached hydrogens (tertiary/aromatic N) is 3. The maximum absolute atomic E-state index is 12.3. The van der Waals surface area contributed by atoms with Crippen molar-refractivity contribution in [3.63, 3.8) is 0 Å². The van der Waals surface area contributed by atoms with E-state index in [1.54, 1.807) is 20.3 Å². The summed E-state index contributed by atoms with van der Waals surface area (Å²) in [4.78, 5) is 42.7. The second-order valence-electron chi connectivity index (χ2n) is 16.0. The van der Waals surface area contributed by atoms with Gasteiger partial charge < -0.3 is 28.2 Å². The molecular weight excluding hydrogens is 763 g/mol. The molecule has 0 atom stereocenters. The summed E-state index contributed by atoms with van der Waals surface area (Å²) in [5, 5.41) is 1.57. The van der Waals surface area contributed by atoms with Crippen LogP contribution in [0.2, 0.25) is 0 Å². The lowest BCUT2D eigenvalue weighted by molar-refractivity contribution is -0.197. The number of fused-ring (bicyclic) bond motifs is 2. The lowest BCUT2D eigenvalue weighted by Crippen LogP contribution is -2.35. The van der Waals surface area contributed by atoms with E-state index in [-0.39, 0.29) is 29.6 Å². The van der Waals surface area contributed by atoms with E-state index in [4.69, 9.17) is 18.7 Å². The van der Waals surface area contributed by atoms with Crippen LogP contribution in [-0.4, -0.2) is 82.9 Å². The molecule has 1 aliphatic carbocycles. The van der Waals surface area contributed by atoms with Crippen LogP contribution < -0.4 is 14.8 Å². The molecule has 0 unspecified atom stereocenters. The molecule has 14 heteroatoms. The number of rotatable bonds is 17. The van der Waals surface area contributed by atoms with Crippen LogP contribution in [0.4, 0.5) is 5.69 Å². The van der Waals surface area contributed by atoms with E-state index in [9.17, 15) is 27.4 Å². The summed E-state index contributed by atoms with van der Waals surface area (Å²) in [5.74, 6) is -0.212. The van der Waals surface area contributed by atoms with Gasteiger partial charge in [0, 0.05) is 68.5 Å². The summed E-state index contributed by atoms with van der Waals surface area (Å²) in [6.45, 7) is 13.6. The van der Waals surface area contributed by atoms with Crippen molar-refractivity contribution in [2.24, 2.45) is 0 Å². The summed E-state index contributed by atoms with van der Waals surface area (Å²) in [7, 11) is -1.30. The van der Waals surface area contributed by atoms with Gasteiger partial charge in [0.05, 0.1) is 11.0 Å². The Morgan fingerprint density at radius 2 is 1.62 bits per heavy atom. The number of amides is 2. The summed E-state index contributed by atoms with van der Waals surface area (Å²) >= 11 is 0. The summed E-state index contributed by atoms with van der Waals surface area (Å²) < 4.78 is 55.3. The SMILES string of the molecule is COCC[N+](CCOC)=c1ccc2c(C(C)(C)C)cc(/C=C/C=C/C=C3/N(CCCCCC(=O)ON4C(=O)CCC4=O)c4ccc(S(=O)(=O)[O-])cc4C3(C)C)oc-2c1. The number of hydrogen-bond donors (Lipinski definition) is 0. The molecule has 312 valence electrons. The van der Waals surface area contributed by atoms with Crippen molar-refractivity contribution < 1.29 is 46.1 Å². The van der Waals surface area contributed by atoms with Crippen LogP contribution in [0.25, 0.3) is 17.4 Å². The minimum absolute atomic E-state index is 0.0360. The Labute approximate surface area is 341 Å². The number of carbonyl (C=O) groups is 3. The van der Waals surface area contributed by atoms with Crippen LogP contribution in [0.3, 0.4) is 0 Å². The molecule has 1 aromatic carbocycles. The molecule has 58 heavy (non-hydrogen) atoms. The third kappa shape index (κ3) is 10.6. The topological polar surface area (TPSA) is 159 Å². The zero-order valence-corrected chi connectivity index (χ0v) is 35.4. The van der Waals surface area contributed by atoms with E-state index in [1.165, 1.54) is 12.1 Å². The molecule has 0 aromatic heterocycles. The number of anilines is 1. The van der Waals surface area contributed by atoms with Crippen LogP contribution in [0, 0.1) is 0 Å². The molecule has 1 saturated heterocycles. The van der Waals surface area contributed by atoms with Crippen molar-refractivity contribution in [3.8, 4) is 11.3 Å². The maximum atomic E-state index is 12.3. The molecule has 1 aromatic rings. The highest BCUT2D eigenvalue weighted by molar-refractivity contribution is 7.85. The fraction of sp³-hybridized carbons (Fsp3) is 0.455. The zero-order chi connectivity index (χ0) is 42.3. The van der Waals surface area contributed by atoms with Gasteiger partial charge in [-0.05, 0) is 71.9 Å². The molecule has 5 rings (SSSR count). The number of ether oxygens (including phenoxy) is 2. The van der Waals surface area contributed by atoms with Crippen LogP contribution in [0.5, 0.6) is 0 Å². The van der Waals surface area contributed by atoms with Gasteiger partial charge in [-0.1, -0.05) is 59.3 Å². The molecule has 0 radical (unpaired) electrons. The Hall–Kier alpha value is -4.89. The second-order valence-corrected chi connectivity index (χ2v) is 17.4. The normalized spacial score (nSPS) is 16.4. The van der Waals surface area contributed by atoms with Gasteiger partial charge in [-0.2, -0.15) is 0 Å². The monoisotopic (exact) mass is 817 g/mol. The number of imide groups is 1. The number of allylic oxidation sites excluding steroid dienone is 5. The first-order valence-corrected chi connectivity index (χ1v) is 21.0. The van der Waals surface area contributed by atoms with E-state index in [1.807, 2.05) is 44.2 Å². The third-order valence-corrected chi connectivity index (χ3v) is 11.3. The average molecular weight is 818 g/mol. The van der Waals surface area contributed by atoms with Gasteiger partial charge in [-0.15, -0.1) is 5.06 Å². The van der Waals surface area contributed by atoms with Crippen molar-refractivity contribution in [2.75, 3.05) is 52.0 Å².